The van der Waals surface area contributed by atoms with Gasteiger partial charge in [0, 0.05) is 10.9 Å². The summed E-state index contributed by atoms with van der Waals surface area (Å²) in [6, 6.07) is 16.9. The molecule has 0 spiro atoms. The molecule has 2 aromatic carbocycles. The van der Waals surface area contributed by atoms with Gasteiger partial charge >= 0.3 is 0 Å². The highest BCUT2D eigenvalue weighted by Gasteiger charge is 2.10. The summed E-state index contributed by atoms with van der Waals surface area (Å²) in [4.78, 5) is 0. The number of hydrogen-bond acceptors (Lipinski definition) is 3. The molecule has 0 fully saturated rings. The Labute approximate surface area is 138 Å². The highest BCUT2D eigenvalue weighted by Crippen LogP contribution is 2.29. The maximum absolute atomic E-state index is 4.09. The minimum absolute atomic E-state index is 0.622. The molecule has 0 bridgehead atoms. The summed E-state index contributed by atoms with van der Waals surface area (Å²) in [5.41, 5.74) is 4.66. The predicted molar refractivity (Wildman–Crippen MR) is 91.8 cm³/mol. The van der Waals surface area contributed by atoms with Crippen LogP contribution in [0, 0.1) is 0 Å². The van der Waals surface area contributed by atoms with Crippen LogP contribution in [0.1, 0.15) is 18.4 Å². The lowest BCUT2D eigenvalue weighted by Crippen LogP contribution is -1.89. The van der Waals surface area contributed by atoms with Gasteiger partial charge in [-0.2, -0.15) is 5.21 Å². The van der Waals surface area contributed by atoms with E-state index in [1.54, 1.807) is 0 Å². The topological polar surface area (TPSA) is 54.5 Å². The van der Waals surface area contributed by atoms with Gasteiger partial charge in [-0.1, -0.05) is 64.5 Å². The molecule has 22 heavy (non-hydrogen) atoms. The second-order valence-electron chi connectivity index (χ2n) is 5.12. The van der Waals surface area contributed by atoms with Crippen molar-refractivity contribution in [2.75, 3.05) is 5.33 Å². The van der Waals surface area contributed by atoms with E-state index >= 15 is 0 Å². The van der Waals surface area contributed by atoms with Crippen molar-refractivity contribution >= 4 is 15.9 Å². The van der Waals surface area contributed by atoms with E-state index in [0.29, 0.717) is 5.82 Å². The van der Waals surface area contributed by atoms with Crippen LogP contribution in [0.2, 0.25) is 0 Å². The number of tetrazole rings is 1. The lowest BCUT2D eigenvalue weighted by Gasteiger charge is -2.08. The number of aromatic amines is 1. The highest BCUT2D eigenvalue weighted by molar-refractivity contribution is 9.09. The average molecular weight is 357 g/mol. The van der Waals surface area contributed by atoms with E-state index in [1.165, 1.54) is 24.0 Å². The Balaban J connectivity index is 1.86. The number of halogens is 1. The third kappa shape index (κ3) is 3.42. The molecule has 4 nitrogen and oxygen atoms in total. The summed E-state index contributed by atoms with van der Waals surface area (Å²) in [5.74, 6) is 0.622. The Kier molecular flexibility index (Phi) is 4.96. The maximum atomic E-state index is 4.09. The van der Waals surface area contributed by atoms with Crippen molar-refractivity contribution < 1.29 is 0 Å². The number of nitrogens with one attached hydrogen (secondary N) is 1. The van der Waals surface area contributed by atoms with Gasteiger partial charge in [-0.05, 0) is 41.2 Å². The molecule has 0 radical (unpaired) electrons. The quantitative estimate of drug-likeness (QED) is 0.530. The number of rotatable bonds is 6. The summed E-state index contributed by atoms with van der Waals surface area (Å²) in [6.07, 6.45) is 3.55. The summed E-state index contributed by atoms with van der Waals surface area (Å²) < 4.78 is 0. The number of H-pyrrole nitrogens is 1. The van der Waals surface area contributed by atoms with E-state index in [2.05, 4.69) is 66.9 Å². The molecule has 0 aliphatic rings. The summed E-state index contributed by atoms with van der Waals surface area (Å²) in [7, 11) is 0. The van der Waals surface area contributed by atoms with Crippen LogP contribution in [0.25, 0.3) is 22.5 Å². The van der Waals surface area contributed by atoms with Gasteiger partial charge in [0.25, 0.3) is 0 Å². The molecule has 0 aliphatic heterocycles. The predicted octanol–water partition coefficient (Wildman–Crippen LogP) is 4.25. The van der Waals surface area contributed by atoms with Gasteiger partial charge in [-0.15, -0.1) is 10.2 Å². The molecule has 3 rings (SSSR count). The molecule has 5 heteroatoms. The number of aromatic nitrogens is 4. The van der Waals surface area contributed by atoms with Crippen LogP contribution < -0.4 is 0 Å². The molecule has 0 unspecified atom stereocenters. The lowest BCUT2D eigenvalue weighted by molar-refractivity contribution is 0.806. The van der Waals surface area contributed by atoms with Crippen LogP contribution in [0.5, 0.6) is 0 Å². The SMILES string of the molecule is BrCCCCc1ccc(-c2ccccc2-c2nn[nH]n2)cc1. The summed E-state index contributed by atoms with van der Waals surface area (Å²) in [6.45, 7) is 0. The van der Waals surface area contributed by atoms with Crippen molar-refractivity contribution in [2.45, 2.75) is 19.3 Å². The van der Waals surface area contributed by atoms with Crippen molar-refractivity contribution in [3.05, 3.63) is 54.1 Å². The van der Waals surface area contributed by atoms with E-state index in [9.17, 15) is 0 Å². The van der Waals surface area contributed by atoms with Gasteiger partial charge in [-0.25, -0.2) is 0 Å². The van der Waals surface area contributed by atoms with Crippen LogP contribution in [-0.2, 0) is 6.42 Å². The molecule has 112 valence electrons. The molecular weight excluding hydrogens is 340 g/mol. The fraction of sp³-hybridized carbons (Fsp3) is 0.235. The molecule has 0 saturated heterocycles. The largest absolute Gasteiger partial charge is 0.205 e. The first-order chi connectivity index (χ1) is 10.9. The maximum Gasteiger partial charge on any atom is 0.205 e. The van der Waals surface area contributed by atoms with Crippen molar-refractivity contribution in [1.29, 1.82) is 0 Å². The number of hydrogen-bond donors (Lipinski definition) is 1. The van der Waals surface area contributed by atoms with Gasteiger partial charge in [0.05, 0.1) is 0 Å². The lowest BCUT2D eigenvalue weighted by atomic mass is 9.97. The number of aryl methyl sites for hydroxylation is 1. The van der Waals surface area contributed by atoms with Gasteiger partial charge in [0.1, 0.15) is 0 Å². The minimum atomic E-state index is 0.622. The third-order valence-electron chi connectivity index (χ3n) is 3.63. The molecule has 3 aromatic rings. The van der Waals surface area contributed by atoms with E-state index in [1.807, 2.05) is 18.2 Å². The van der Waals surface area contributed by atoms with Gasteiger partial charge < -0.3 is 0 Å². The fourth-order valence-electron chi connectivity index (χ4n) is 2.48. The minimum Gasteiger partial charge on any atom is -0.177 e. The first-order valence-corrected chi connectivity index (χ1v) is 8.49. The molecule has 0 aliphatic carbocycles. The van der Waals surface area contributed by atoms with Gasteiger partial charge in [0.2, 0.25) is 5.82 Å². The monoisotopic (exact) mass is 356 g/mol. The second-order valence-corrected chi connectivity index (χ2v) is 5.92. The molecule has 1 heterocycles. The fourth-order valence-corrected chi connectivity index (χ4v) is 2.88. The van der Waals surface area contributed by atoms with E-state index < -0.39 is 0 Å². The second kappa shape index (κ2) is 7.31. The molecular formula is C17H17BrN4. The molecule has 1 aromatic heterocycles. The Hall–Kier alpha value is -2.01. The Morgan fingerprint density at radius 1 is 0.909 bits per heavy atom. The molecule has 0 saturated carbocycles. The number of nitrogens with zero attached hydrogens (tertiary/aromatic N) is 3. The van der Waals surface area contributed by atoms with E-state index in [0.717, 1.165) is 22.9 Å². The average Bonchev–Trinajstić information content (AvgIpc) is 3.10. The zero-order valence-corrected chi connectivity index (χ0v) is 13.8. The molecule has 0 atom stereocenters. The zero-order valence-electron chi connectivity index (χ0n) is 12.2. The van der Waals surface area contributed by atoms with E-state index in [-0.39, 0.29) is 0 Å². The molecule has 0 amide bonds. The Morgan fingerprint density at radius 3 is 2.36 bits per heavy atom. The van der Waals surface area contributed by atoms with Crippen LogP contribution in [0.15, 0.2) is 48.5 Å². The standard InChI is InChI=1S/C17H17BrN4/c18-12-4-3-5-13-8-10-14(11-9-13)15-6-1-2-7-16(15)17-19-21-22-20-17/h1-2,6-11H,3-5,12H2,(H,19,20,21,22). The van der Waals surface area contributed by atoms with Crippen molar-refractivity contribution in [1.82, 2.24) is 20.6 Å². The Morgan fingerprint density at radius 2 is 1.68 bits per heavy atom. The first-order valence-electron chi connectivity index (χ1n) is 7.36. The number of benzene rings is 2. The smallest absolute Gasteiger partial charge is 0.177 e. The molecule has 1 N–H and O–H groups in total. The van der Waals surface area contributed by atoms with Gasteiger partial charge in [0.15, 0.2) is 0 Å². The van der Waals surface area contributed by atoms with Crippen LogP contribution >= 0.6 is 15.9 Å². The highest BCUT2D eigenvalue weighted by atomic mass is 79.9. The number of unbranched alkanes of at least 4 members (excludes halogenated alkanes) is 1. The number of alkyl halides is 1. The third-order valence-corrected chi connectivity index (χ3v) is 4.19. The van der Waals surface area contributed by atoms with Crippen molar-refractivity contribution in [2.24, 2.45) is 0 Å². The Bertz CT molecular complexity index is 708. The normalized spacial score (nSPS) is 10.8. The van der Waals surface area contributed by atoms with E-state index in [4.69, 9.17) is 0 Å². The first kappa shape index (κ1) is 14.9. The zero-order chi connectivity index (χ0) is 15.2. The van der Waals surface area contributed by atoms with Crippen molar-refractivity contribution in [3.8, 4) is 22.5 Å². The van der Waals surface area contributed by atoms with Crippen LogP contribution in [0.3, 0.4) is 0 Å². The van der Waals surface area contributed by atoms with Crippen molar-refractivity contribution in [3.63, 3.8) is 0 Å². The summed E-state index contributed by atoms with van der Waals surface area (Å²) in [5, 5.41) is 15.4. The summed E-state index contributed by atoms with van der Waals surface area (Å²) >= 11 is 3.47. The van der Waals surface area contributed by atoms with Crippen LogP contribution in [-0.4, -0.2) is 26.0 Å². The van der Waals surface area contributed by atoms with Crippen LogP contribution in [0.4, 0.5) is 0 Å². The van der Waals surface area contributed by atoms with Gasteiger partial charge in [-0.3, -0.25) is 0 Å².